The highest BCUT2D eigenvalue weighted by Gasteiger charge is 2.13. The van der Waals surface area contributed by atoms with Gasteiger partial charge < -0.3 is 15.5 Å². The number of aromatic nitrogens is 1. The summed E-state index contributed by atoms with van der Waals surface area (Å²) < 4.78 is 0. The molecule has 1 heterocycles. The van der Waals surface area contributed by atoms with Crippen molar-refractivity contribution in [2.24, 2.45) is 0 Å². The van der Waals surface area contributed by atoms with Gasteiger partial charge in [0.25, 0.3) is 0 Å². The van der Waals surface area contributed by atoms with Gasteiger partial charge in [-0.25, -0.2) is 9.78 Å². The monoisotopic (exact) mass is 253 g/mol. The van der Waals surface area contributed by atoms with Crippen LogP contribution < -0.4 is 10.6 Å². The number of amides is 2. The average molecular weight is 253 g/mol. The maximum atomic E-state index is 11.2. The number of carbonyl (C=O) groups is 1. The molecule has 0 saturated heterocycles. The third-order valence-corrected chi connectivity index (χ3v) is 2.08. The van der Waals surface area contributed by atoms with Crippen LogP contribution in [0.3, 0.4) is 0 Å². The van der Waals surface area contributed by atoms with Crippen LogP contribution in [0, 0.1) is 10.1 Å². The number of nitrogens with one attached hydrogen (secondary N) is 2. The van der Waals surface area contributed by atoms with Crippen LogP contribution in [-0.2, 0) is 0 Å². The first-order valence-electron chi connectivity index (χ1n) is 5.31. The van der Waals surface area contributed by atoms with Gasteiger partial charge in [-0.1, -0.05) is 0 Å². The van der Waals surface area contributed by atoms with Gasteiger partial charge in [0, 0.05) is 39.4 Å². The van der Waals surface area contributed by atoms with E-state index in [-0.39, 0.29) is 17.5 Å². The predicted molar refractivity (Wildman–Crippen MR) is 66.5 cm³/mol. The fraction of sp³-hybridized carbons (Fsp3) is 0.400. The van der Waals surface area contributed by atoms with Gasteiger partial charge in [-0.2, -0.15) is 0 Å². The molecule has 1 aromatic rings. The Morgan fingerprint density at radius 3 is 2.83 bits per heavy atom. The number of hydrogen-bond acceptors (Lipinski definition) is 5. The lowest BCUT2D eigenvalue weighted by Gasteiger charge is -2.12. The summed E-state index contributed by atoms with van der Waals surface area (Å²) in [5.74, 6) is 0.196. The van der Waals surface area contributed by atoms with Crippen LogP contribution in [0.25, 0.3) is 0 Å². The normalized spacial score (nSPS) is 9.67. The molecular weight excluding hydrogens is 238 g/mol. The number of nitrogens with zero attached hydrogens (tertiary/aromatic N) is 3. The molecule has 0 aromatic carbocycles. The zero-order chi connectivity index (χ0) is 13.5. The van der Waals surface area contributed by atoms with E-state index in [1.807, 2.05) is 0 Å². The Morgan fingerprint density at radius 2 is 2.22 bits per heavy atom. The van der Waals surface area contributed by atoms with Crippen molar-refractivity contribution < 1.29 is 9.72 Å². The topological polar surface area (TPSA) is 100 Å². The van der Waals surface area contributed by atoms with Gasteiger partial charge in [-0.05, 0) is 6.07 Å². The zero-order valence-corrected chi connectivity index (χ0v) is 10.2. The maximum Gasteiger partial charge on any atom is 0.316 e. The molecule has 98 valence electrons. The Kier molecular flexibility index (Phi) is 4.85. The average Bonchev–Trinajstić information content (AvgIpc) is 2.34. The highest BCUT2D eigenvalue weighted by Crippen LogP contribution is 2.19. The molecule has 0 saturated carbocycles. The van der Waals surface area contributed by atoms with Gasteiger partial charge in [0.1, 0.15) is 0 Å². The molecule has 0 spiro atoms. The molecule has 0 aliphatic carbocycles. The number of nitro groups is 1. The second-order valence-corrected chi connectivity index (χ2v) is 3.68. The summed E-state index contributed by atoms with van der Waals surface area (Å²) in [6, 6.07) is 2.65. The van der Waals surface area contributed by atoms with Crippen molar-refractivity contribution in [2.75, 3.05) is 32.5 Å². The molecule has 1 aromatic heterocycles. The summed E-state index contributed by atoms with van der Waals surface area (Å²) in [5, 5.41) is 16.1. The van der Waals surface area contributed by atoms with Gasteiger partial charge in [-0.15, -0.1) is 0 Å². The van der Waals surface area contributed by atoms with Crippen molar-refractivity contribution in [1.82, 2.24) is 15.2 Å². The molecule has 1 rings (SSSR count). The zero-order valence-electron chi connectivity index (χ0n) is 10.2. The Hall–Kier alpha value is -2.38. The van der Waals surface area contributed by atoms with E-state index in [0.717, 1.165) is 0 Å². The number of urea groups is 1. The first-order chi connectivity index (χ1) is 8.52. The summed E-state index contributed by atoms with van der Waals surface area (Å²) in [6.07, 6.45) is 1.47. The maximum absolute atomic E-state index is 11.2. The first-order valence-corrected chi connectivity index (χ1v) is 5.31. The lowest BCUT2D eigenvalue weighted by molar-refractivity contribution is -0.384. The summed E-state index contributed by atoms with van der Waals surface area (Å²) >= 11 is 0. The van der Waals surface area contributed by atoms with Crippen LogP contribution in [0.15, 0.2) is 18.3 Å². The molecule has 0 radical (unpaired) electrons. The van der Waals surface area contributed by atoms with Gasteiger partial charge in [0.05, 0.1) is 4.92 Å². The van der Waals surface area contributed by atoms with E-state index in [2.05, 4.69) is 15.6 Å². The fourth-order valence-electron chi connectivity index (χ4n) is 1.19. The summed E-state index contributed by atoms with van der Waals surface area (Å²) in [6.45, 7) is 0.710. The number of rotatable bonds is 5. The molecular formula is C10H15N5O3. The number of anilines is 1. The first kappa shape index (κ1) is 13.7. The minimum Gasteiger partial charge on any atom is -0.363 e. The van der Waals surface area contributed by atoms with E-state index in [1.165, 1.54) is 23.2 Å². The van der Waals surface area contributed by atoms with Crippen LogP contribution in [0.4, 0.5) is 16.3 Å². The molecule has 0 fully saturated rings. The minimum absolute atomic E-state index is 0.0866. The molecule has 0 aliphatic rings. The van der Waals surface area contributed by atoms with Crippen molar-refractivity contribution in [2.45, 2.75) is 0 Å². The predicted octanol–water partition coefficient (Wildman–Crippen LogP) is 0.673. The van der Waals surface area contributed by atoms with E-state index in [4.69, 9.17) is 0 Å². The minimum atomic E-state index is -0.506. The Balaban J connectivity index is 2.45. The summed E-state index contributed by atoms with van der Waals surface area (Å²) in [5.41, 5.74) is -0.0866. The van der Waals surface area contributed by atoms with E-state index in [9.17, 15) is 14.9 Å². The third kappa shape index (κ3) is 3.89. The Bertz CT molecular complexity index is 435. The Labute approximate surface area is 104 Å². The van der Waals surface area contributed by atoms with Gasteiger partial charge in [0.2, 0.25) is 5.82 Å². The SMILES string of the molecule is CN(C)C(=O)NCCNc1ncccc1[N+](=O)[O-]. The fourth-order valence-corrected chi connectivity index (χ4v) is 1.19. The summed E-state index contributed by atoms with van der Waals surface area (Å²) in [7, 11) is 3.26. The lowest BCUT2D eigenvalue weighted by atomic mass is 10.4. The number of carbonyl (C=O) groups excluding carboxylic acids is 1. The van der Waals surface area contributed by atoms with Crippen LogP contribution in [0.5, 0.6) is 0 Å². The Morgan fingerprint density at radius 1 is 1.50 bits per heavy atom. The molecule has 0 atom stereocenters. The lowest BCUT2D eigenvalue weighted by Crippen LogP contribution is -2.37. The largest absolute Gasteiger partial charge is 0.363 e. The van der Waals surface area contributed by atoms with Gasteiger partial charge in [0.15, 0.2) is 0 Å². The molecule has 2 amide bonds. The second-order valence-electron chi connectivity index (χ2n) is 3.68. The molecule has 18 heavy (non-hydrogen) atoms. The van der Waals surface area contributed by atoms with Gasteiger partial charge in [-0.3, -0.25) is 10.1 Å². The van der Waals surface area contributed by atoms with Crippen LogP contribution in [0.2, 0.25) is 0 Å². The van der Waals surface area contributed by atoms with Crippen LogP contribution >= 0.6 is 0 Å². The van der Waals surface area contributed by atoms with Crippen molar-refractivity contribution in [3.63, 3.8) is 0 Å². The van der Waals surface area contributed by atoms with Crippen LogP contribution in [0.1, 0.15) is 0 Å². The standard InChI is InChI=1S/C10H15N5O3/c1-14(2)10(16)13-7-6-12-9-8(15(17)18)4-3-5-11-9/h3-5H,6-7H2,1-2H3,(H,11,12)(H,13,16). The molecule has 0 bridgehead atoms. The van der Waals surface area contributed by atoms with E-state index < -0.39 is 4.92 Å². The van der Waals surface area contributed by atoms with Gasteiger partial charge >= 0.3 is 11.7 Å². The second kappa shape index (κ2) is 6.38. The van der Waals surface area contributed by atoms with E-state index >= 15 is 0 Å². The van der Waals surface area contributed by atoms with Crippen molar-refractivity contribution >= 4 is 17.5 Å². The highest BCUT2D eigenvalue weighted by atomic mass is 16.6. The van der Waals surface area contributed by atoms with Crippen molar-refractivity contribution in [1.29, 1.82) is 0 Å². The molecule has 8 nitrogen and oxygen atoms in total. The molecule has 8 heteroatoms. The molecule has 0 aliphatic heterocycles. The number of hydrogen-bond donors (Lipinski definition) is 2. The van der Waals surface area contributed by atoms with Crippen molar-refractivity contribution in [3.05, 3.63) is 28.4 Å². The molecule has 0 unspecified atom stereocenters. The molecule has 2 N–H and O–H groups in total. The van der Waals surface area contributed by atoms with E-state index in [0.29, 0.717) is 13.1 Å². The number of pyridine rings is 1. The smallest absolute Gasteiger partial charge is 0.316 e. The van der Waals surface area contributed by atoms with E-state index in [1.54, 1.807) is 14.1 Å². The highest BCUT2D eigenvalue weighted by molar-refractivity contribution is 5.73. The summed E-state index contributed by atoms with van der Waals surface area (Å²) in [4.78, 5) is 26.7. The van der Waals surface area contributed by atoms with Crippen LogP contribution in [-0.4, -0.2) is 48.0 Å². The quantitative estimate of drug-likeness (QED) is 0.456. The third-order valence-electron chi connectivity index (χ3n) is 2.08. The van der Waals surface area contributed by atoms with Crippen molar-refractivity contribution in [3.8, 4) is 0 Å².